The largest absolute Gasteiger partial charge is 0.490 e. The number of benzene rings is 1. The van der Waals surface area contributed by atoms with Crippen LogP contribution in [0.4, 0.5) is 0 Å². The monoisotopic (exact) mass is 255 g/mol. The third-order valence-electron chi connectivity index (χ3n) is 2.63. The van der Waals surface area contributed by atoms with Gasteiger partial charge in [0.1, 0.15) is 5.75 Å². The Kier molecular flexibility index (Phi) is 3.95. The molecule has 2 aromatic rings. The van der Waals surface area contributed by atoms with Crippen LogP contribution in [0.25, 0.3) is 0 Å². The molecule has 2 rings (SSSR count). The first-order valence-electron chi connectivity index (χ1n) is 6.30. The summed E-state index contributed by atoms with van der Waals surface area (Å²) in [6, 6.07) is 9.13. The summed E-state index contributed by atoms with van der Waals surface area (Å²) in [5.41, 5.74) is 2.12. The van der Waals surface area contributed by atoms with E-state index >= 15 is 0 Å². The van der Waals surface area contributed by atoms with Crippen molar-refractivity contribution in [1.82, 2.24) is 4.98 Å². The van der Waals surface area contributed by atoms with Crippen molar-refractivity contribution >= 4 is 5.78 Å². The van der Waals surface area contributed by atoms with Gasteiger partial charge in [0.2, 0.25) is 0 Å². The topological polar surface area (TPSA) is 39.2 Å². The van der Waals surface area contributed by atoms with E-state index in [1.165, 1.54) is 0 Å². The summed E-state index contributed by atoms with van der Waals surface area (Å²) in [6.07, 6.45) is 3.35. The van der Waals surface area contributed by atoms with Crippen LogP contribution in [0.15, 0.2) is 42.7 Å². The van der Waals surface area contributed by atoms with Gasteiger partial charge in [0.25, 0.3) is 0 Å². The smallest absolute Gasteiger partial charge is 0.198 e. The van der Waals surface area contributed by atoms with E-state index in [0.29, 0.717) is 16.9 Å². The second kappa shape index (κ2) is 5.65. The van der Waals surface area contributed by atoms with Crippen molar-refractivity contribution in [2.75, 3.05) is 0 Å². The molecule has 0 atom stereocenters. The van der Waals surface area contributed by atoms with Crippen molar-refractivity contribution < 1.29 is 9.53 Å². The van der Waals surface area contributed by atoms with Crippen molar-refractivity contribution in [2.45, 2.75) is 26.9 Å². The Labute approximate surface area is 113 Å². The number of ether oxygens (including phenoxy) is 1. The molecule has 1 aromatic heterocycles. The van der Waals surface area contributed by atoms with E-state index in [4.69, 9.17) is 4.74 Å². The first kappa shape index (κ1) is 13.3. The Morgan fingerprint density at radius 3 is 2.63 bits per heavy atom. The molecule has 0 aliphatic rings. The molecule has 0 aliphatic carbocycles. The number of aryl methyl sites for hydroxylation is 1. The lowest BCUT2D eigenvalue weighted by molar-refractivity contribution is 0.103. The highest BCUT2D eigenvalue weighted by Crippen LogP contribution is 2.22. The number of aromatic nitrogens is 1. The molecule has 1 heterocycles. The van der Waals surface area contributed by atoms with Crippen LogP contribution >= 0.6 is 0 Å². The average molecular weight is 255 g/mol. The highest BCUT2D eigenvalue weighted by molar-refractivity contribution is 6.10. The van der Waals surface area contributed by atoms with Crippen molar-refractivity contribution in [2.24, 2.45) is 0 Å². The van der Waals surface area contributed by atoms with E-state index in [1.54, 1.807) is 18.5 Å². The molecule has 0 saturated carbocycles. The van der Waals surface area contributed by atoms with Crippen LogP contribution in [0.1, 0.15) is 35.3 Å². The van der Waals surface area contributed by atoms with Crippen LogP contribution in [0.2, 0.25) is 0 Å². The van der Waals surface area contributed by atoms with Crippen molar-refractivity contribution in [3.8, 4) is 5.75 Å². The standard InChI is InChI=1S/C16H17NO2/c1-11(2)19-15-7-5-4-6-14(15)16(18)13-8-12(3)9-17-10-13/h4-11H,1-3H3. The van der Waals surface area contributed by atoms with E-state index in [-0.39, 0.29) is 11.9 Å². The van der Waals surface area contributed by atoms with Crippen LogP contribution in [-0.4, -0.2) is 16.9 Å². The van der Waals surface area contributed by atoms with Gasteiger partial charge in [0.05, 0.1) is 11.7 Å². The lowest BCUT2D eigenvalue weighted by Gasteiger charge is -2.13. The molecule has 0 radical (unpaired) electrons. The molecule has 0 spiro atoms. The molecule has 19 heavy (non-hydrogen) atoms. The number of carbonyl (C=O) groups is 1. The van der Waals surface area contributed by atoms with Gasteiger partial charge < -0.3 is 4.74 Å². The Balaban J connectivity index is 2.39. The summed E-state index contributed by atoms with van der Waals surface area (Å²) in [6.45, 7) is 5.80. The molecule has 0 amide bonds. The van der Waals surface area contributed by atoms with E-state index < -0.39 is 0 Å². The second-order valence-electron chi connectivity index (χ2n) is 4.74. The van der Waals surface area contributed by atoms with E-state index in [2.05, 4.69) is 4.98 Å². The second-order valence-corrected chi connectivity index (χ2v) is 4.74. The number of carbonyl (C=O) groups excluding carboxylic acids is 1. The van der Waals surface area contributed by atoms with Gasteiger partial charge in [-0.25, -0.2) is 0 Å². The lowest BCUT2D eigenvalue weighted by Crippen LogP contribution is -2.11. The molecule has 0 fully saturated rings. The molecule has 0 N–H and O–H groups in total. The number of ketones is 1. The Morgan fingerprint density at radius 2 is 1.95 bits per heavy atom. The highest BCUT2D eigenvalue weighted by atomic mass is 16.5. The summed E-state index contributed by atoms with van der Waals surface area (Å²) >= 11 is 0. The van der Waals surface area contributed by atoms with Gasteiger partial charge in [-0.15, -0.1) is 0 Å². The fourth-order valence-electron chi connectivity index (χ4n) is 1.85. The number of nitrogens with zero attached hydrogens (tertiary/aromatic N) is 1. The van der Waals surface area contributed by atoms with Gasteiger partial charge in [-0.3, -0.25) is 9.78 Å². The predicted molar refractivity (Wildman–Crippen MR) is 74.6 cm³/mol. The molecule has 0 bridgehead atoms. The minimum Gasteiger partial charge on any atom is -0.490 e. The Hall–Kier alpha value is -2.16. The van der Waals surface area contributed by atoms with Crippen LogP contribution in [-0.2, 0) is 0 Å². The first-order chi connectivity index (χ1) is 9.08. The quantitative estimate of drug-likeness (QED) is 0.786. The van der Waals surface area contributed by atoms with Crippen LogP contribution in [0.5, 0.6) is 5.75 Å². The SMILES string of the molecule is Cc1cncc(C(=O)c2ccccc2OC(C)C)c1. The zero-order valence-corrected chi connectivity index (χ0v) is 11.4. The average Bonchev–Trinajstić information content (AvgIpc) is 2.38. The maximum absolute atomic E-state index is 12.5. The summed E-state index contributed by atoms with van der Waals surface area (Å²) < 4.78 is 5.68. The van der Waals surface area contributed by atoms with E-state index in [1.807, 2.05) is 45.0 Å². The molecule has 0 saturated heterocycles. The van der Waals surface area contributed by atoms with Crippen LogP contribution < -0.4 is 4.74 Å². The van der Waals surface area contributed by atoms with E-state index in [9.17, 15) is 4.79 Å². The molecule has 0 aliphatic heterocycles. The third kappa shape index (κ3) is 3.19. The molecule has 0 unspecified atom stereocenters. The first-order valence-corrected chi connectivity index (χ1v) is 6.30. The van der Waals surface area contributed by atoms with Gasteiger partial charge >= 0.3 is 0 Å². The zero-order chi connectivity index (χ0) is 13.8. The Morgan fingerprint density at radius 1 is 1.21 bits per heavy atom. The van der Waals surface area contributed by atoms with Gasteiger partial charge in [0.15, 0.2) is 5.78 Å². The number of rotatable bonds is 4. The number of pyridine rings is 1. The van der Waals surface area contributed by atoms with E-state index in [0.717, 1.165) is 5.56 Å². The maximum atomic E-state index is 12.5. The number of para-hydroxylation sites is 1. The van der Waals surface area contributed by atoms with Crippen molar-refractivity contribution in [3.05, 3.63) is 59.4 Å². The predicted octanol–water partition coefficient (Wildman–Crippen LogP) is 3.41. The van der Waals surface area contributed by atoms with Gasteiger partial charge in [-0.05, 0) is 44.5 Å². The molecule has 3 heteroatoms. The fraction of sp³-hybridized carbons (Fsp3) is 0.250. The number of hydrogen-bond acceptors (Lipinski definition) is 3. The molecule has 98 valence electrons. The van der Waals surface area contributed by atoms with Crippen LogP contribution in [0, 0.1) is 6.92 Å². The van der Waals surface area contributed by atoms with Gasteiger partial charge in [0, 0.05) is 18.0 Å². The lowest BCUT2D eigenvalue weighted by atomic mass is 10.0. The van der Waals surface area contributed by atoms with Crippen molar-refractivity contribution in [3.63, 3.8) is 0 Å². The summed E-state index contributed by atoms with van der Waals surface area (Å²) in [7, 11) is 0. The summed E-state index contributed by atoms with van der Waals surface area (Å²) in [4.78, 5) is 16.5. The summed E-state index contributed by atoms with van der Waals surface area (Å²) in [5, 5.41) is 0. The van der Waals surface area contributed by atoms with Gasteiger partial charge in [-0.1, -0.05) is 12.1 Å². The Bertz CT molecular complexity index is 591. The van der Waals surface area contributed by atoms with Crippen LogP contribution in [0.3, 0.4) is 0 Å². The minimum absolute atomic E-state index is 0.0320. The minimum atomic E-state index is -0.0625. The highest BCUT2D eigenvalue weighted by Gasteiger charge is 2.15. The molecular formula is C16H17NO2. The molecule has 1 aromatic carbocycles. The third-order valence-corrected chi connectivity index (χ3v) is 2.63. The number of hydrogen-bond donors (Lipinski definition) is 0. The normalized spacial score (nSPS) is 10.5. The molecular weight excluding hydrogens is 238 g/mol. The maximum Gasteiger partial charge on any atom is 0.198 e. The van der Waals surface area contributed by atoms with Crippen molar-refractivity contribution in [1.29, 1.82) is 0 Å². The summed E-state index contributed by atoms with van der Waals surface area (Å²) in [5.74, 6) is 0.552. The molecule has 3 nitrogen and oxygen atoms in total. The zero-order valence-electron chi connectivity index (χ0n) is 11.4. The van der Waals surface area contributed by atoms with Gasteiger partial charge in [-0.2, -0.15) is 0 Å². The fourth-order valence-corrected chi connectivity index (χ4v) is 1.85.